The molecule has 0 aromatic heterocycles. The standard InChI is InChI=1S/C15H19Cl2NO2/c1-18-6-5-12(11(9-18)8-15(19)20-2)10-3-4-13(16)14(17)7-10/h3-4,7,11-12H,5-6,8-9H2,1-2H3. The van der Waals surface area contributed by atoms with Crippen LogP contribution in [0.15, 0.2) is 18.2 Å². The van der Waals surface area contributed by atoms with Gasteiger partial charge in [0.1, 0.15) is 0 Å². The van der Waals surface area contributed by atoms with Crippen molar-refractivity contribution in [2.45, 2.75) is 18.8 Å². The van der Waals surface area contributed by atoms with Crippen molar-refractivity contribution in [3.05, 3.63) is 33.8 Å². The number of carbonyl (C=O) groups is 1. The number of nitrogens with zero attached hydrogens (tertiary/aromatic N) is 1. The van der Waals surface area contributed by atoms with Gasteiger partial charge in [-0.1, -0.05) is 29.3 Å². The first-order chi connectivity index (χ1) is 9.51. The smallest absolute Gasteiger partial charge is 0.305 e. The number of esters is 1. The van der Waals surface area contributed by atoms with Gasteiger partial charge in [-0.2, -0.15) is 0 Å². The third-order valence-electron chi connectivity index (χ3n) is 3.97. The highest BCUT2D eigenvalue weighted by Crippen LogP contribution is 2.37. The fourth-order valence-electron chi connectivity index (χ4n) is 2.90. The quantitative estimate of drug-likeness (QED) is 0.798. The Kier molecular flexibility index (Phi) is 5.30. The number of rotatable bonds is 3. The van der Waals surface area contributed by atoms with Crippen molar-refractivity contribution in [2.75, 3.05) is 27.2 Å². The zero-order valence-electron chi connectivity index (χ0n) is 11.7. The van der Waals surface area contributed by atoms with Crippen LogP contribution >= 0.6 is 23.2 Å². The molecule has 1 aliphatic heterocycles. The maximum Gasteiger partial charge on any atom is 0.305 e. The molecule has 110 valence electrons. The molecule has 0 amide bonds. The fourth-order valence-corrected chi connectivity index (χ4v) is 3.21. The number of hydrogen-bond donors (Lipinski definition) is 0. The average Bonchev–Trinajstić information content (AvgIpc) is 2.42. The van der Waals surface area contributed by atoms with Gasteiger partial charge in [0.25, 0.3) is 0 Å². The molecule has 20 heavy (non-hydrogen) atoms. The van der Waals surface area contributed by atoms with E-state index in [-0.39, 0.29) is 11.9 Å². The molecule has 2 atom stereocenters. The van der Waals surface area contributed by atoms with Crippen molar-refractivity contribution in [1.29, 1.82) is 0 Å². The van der Waals surface area contributed by atoms with E-state index in [2.05, 4.69) is 11.9 Å². The minimum Gasteiger partial charge on any atom is -0.469 e. The van der Waals surface area contributed by atoms with E-state index in [1.807, 2.05) is 18.2 Å². The van der Waals surface area contributed by atoms with Crippen molar-refractivity contribution >= 4 is 29.2 Å². The monoisotopic (exact) mass is 315 g/mol. The van der Waals surface area contributed by atoms with Gasteiger partial charge in [-0.3, -0.25) is 4.79 Å². The summed E-state index contributed by atoms with van der Waals surface area (Å²) in [5.41, 5.74) is 1.15. The van der Waals surface area contributed by atoms with Crippen LogP contribution in [0.5, 0.6) is 0 Å². The minimum absolute atomic E-state index is 0.157. The molecule has 1 fully saturated rings. The molecular formula is C15H19Cl2NO2. The second-order valence-corrected chi connectivity index (χ2v) is 6.19. The van der Waals surface area contributed by atoms with Crippen LogP contribution in [-0.4, -0.2) is 38.1 Å². The number of halogens is 2. The third kappa shape index (κ3) is 3.66. The first-order valence-electron chi connectivity index (χ1n) is 6.71. The molecule has 0 saturated carbocycles. The molecule has 0 N–H and O–H groups in total. The second-order valence-electron chi connectivity index (χ2n) is 5.37. The van der Waals surface area contributed by atoms with Gasteiger partial charge in [0, 0.05) is 6.54 Å². The molecule has 2 rings (SSSR count). The number of benzene rings is 1. The van der Waals surface area contributed by atoms with Crippen molar-refractivity contribution in [2.24, 2.45) is 5.92 Å². The Balaban J connectivity index is 2.21. The molecule has 0 radical (unpaired) electrons. The SMILES string of the molecule is COC(=O)CC1CN(C)CCC1c1ccc(Cl)c(Cl)c1. The zero-order valence-corrected chi connectivity index (χ0v) is 13.2. The maximum atomic E-state index is 11.6. The highest BCUT2D eigenvalue weighted by molar-refractivity contribution is 6.42. The zero-order chi connectivity index (χ0) is 14.7. The van der Waals surface area contributed by atoms with Gasteiger partial charge in [0.2, 0.25) is 0 Å². The topological polar surface area (TPSA) is 29.5 Å². The van der Waals surface area contributed by atoms with Crippen LogP contribution in [0.4, 0.5) is 0 Å². The summed E-state index contributed by atoms with van der Waals surface area (Å²) in [6.45, 7) is 1.91. The van der Waals surface area contributed by atoms with Crippen LogP contribution in [-0.2, 0) is 9.53 Å². The van der Waals surface area contributed by atoms with Gasteiger partial charge >= 0.3 is 5.97 Å². The predicted octanol–water partition coefficient (Wildman–Crippen LogP) is 3.59. The lowest BCUT2D eigenvalue weighted by atomic mass is 9.79. The predicted molar refractivity (Wildman–Crippen MR) is 81.4 cm³/mol. The summed E-state index contributed by atoms with van der Waals surface area (Å²) in [4.78, 5) is 13.8. The summed E-state index contributed by atoms with van der Waals surface area (Å²) >= 11 is 12.1. The van der Waals surface area contributed by atoms with Crippen LogP contribution in [0.2, 0.25) is 10.0 Å². The minimum atomic E-state index is -0.157. The molecule has 2 unspecified atom stereocenters. The Hall–Kier alpha value is -0.770. The number of methoxy groups -OCH3 is 1. The Morgan fingerprint density at radius 2 is 2.15 bits per heavy atom. The van der Waals surface area contributed by atoms with E-state index in [0.717, 1.165) is 25.1 Å². The summed E-state index contributed by atoms with van der Waals surface area (Å²) < 4.78 is 4.81. The van der Waals surface area contributed by atoms with E-state index < -0.39 is 0 Å². The molecular weight excluding hydrogens is 297 g/mol. The first kappa shape index (κ1) is 15.6. The number of hydrogen-bond acceptors (Lipinski definition) is 3. The third-order valence-corrected chi connectivity index (χ3v) is 4.70. The van der Waals surface area contributed by atoms with Gasteiger partial charge in [-0.15, -0.1) is 0 Å². The lowest BCUT2D eigenvalue weighted by molar-refractivity contribution is -0.142. The summed E-state index contributed by atoms with van der Waals surface area (Å²) in [5, 5.41) is 1.13. The van der Waals surface area contributed by atoms with Gasteiger partial charge in [-0.25, -0.2) is 0 Å². The maximum absolute atomic E-state index is 11.6. The van der Waals surface area contributed by atoms with Crippen molar-refractivity contribution < 1.29 is 9.53 Å². The fraction of sp³-hybridized carbons (Fsp3) is 0.533. The highest BCUT2D eigenvalue weighted by Gasteiger charge is 2.31. The van der Waals surface area contributed by atoms with Gasteiger partial charge in [0.05, 0.1) is 23.6 Å². The number of piperidine rings is 1. The van der Waals surface area contributed by atoms with E-state index in [1.54, 1.807) is 0 Å². The van der Waals surface area contributed by atoms with E-state index >= 15 is 0 Å². The largest absolute Gasteiger partial charge is 0.469 e. The van der Waals surface area contributed by atoms with Crippen molar-refractivity contribution in [3.63, 3.8) is 0 Å². The molecule has 3 nitrogen and oxygen atoms in total. The van der Waals surface area contributed by atoms with E-state index in [1.165, 1.54) is 7.11 Å². The lowest BCUT2D eigenvalue weighted by Crippen LogP contribution is -2.38. The summed E-state index contributed by atoms with van der Waals surface area (Å²) in [7, 11) is 3.51. The van der Waals surface area contributed by atoms with Gasteiger partial charge < -0.3 is 9.64 Å². The molecule has 1 aromatic carbocycles. The normalized spacial score (nSPS) is 23.6. The van der Waals surface area contributed by atoms with Crippen LogP contribution in [0, 0.1) is 5.92 Å². The van der Waals surface area contributed by atoms with Gasteiger partial charge in [-0.05, 0) is 49.5 Å². The van der Waals surface area contributed by atoms with Gasteiger partial charge in [0.15, 0.2) is 0 Å². The van der Waals surface area contributed by atoms with Crippen molar-refractivity contribution in [3.8, 4) is 0 Å². The van der Waals surface area contributed by atoms with Crippen LogP contribution in [0.1, 0.15) is 24.3 Å². The first-order valence-corrected chi connectivity index (χ1v) is 7.47. The molecule has 1 saturated heterocycles. The van der Waals surface area contributed by atoms with E-state index in [0.29, 0.717) is 22.4 Å². The molecule has 0 spiro atoms. The molecule has 1 aromatic rings. The highest BCUT2D eigenvalue weighted by atomic mass is 35.5. The second kappa shape index (κ2) is 6.79. The number of ether oxygens (including phenoxy) is 1. The number of likely N-dealkylation sites (tertiary alicyclic amines) is 1. The Morgan fingerprint density at radius 3 is 2.80 bits per heavy atom. The van der Waals surface area contributed by atoms with Crippen LogP contribution < -0.4 is 0 Å². The molecule has 0 aliphatic carbocycles. The molecule has 0 bridgehead atoms. The van der Waals surface area contributed by atoms with E-state index in [4.69, 9.17) is 27.9 Å². The number of carbonyl (C=O) groups excluding carboxylic acids is 1. The van der Waals surface area contributed by atoms with Crippen molar-refractivity contribution in [1.82, 2.24) is 4.90 Å². The van der Waals surface area contributed by atoms with Crippen LogP contribution in [0.25, 0.3) is 0 Å². The van der Waals surface area contributed by atoms with Crippen LogP contribution in [0.3, 0.4) is 0 Å². The molecule has 5 heteroatoms. The molecule has 1 aliphatic rings. The summed E-state index contributed by atoms with van der Waals surface area (Å²) in [5.74, 6) is 0.411. The lowest BCUT2D eigenvalue weighted by Gasteiger charge is -2.36. The van der Waals surface area contributed by atoms with E-state index in [9.17, 15) is 4.79 Å². The molecule has 1 heterocycles. The Morgan fingerprint density at radius 1 is 1.40 bits per heavy atom. The summed E-state index contributed by atoms with van der Waals surface area (Å²) in [6.07, 6.45) is 1.45. The average molecular weight is 316 g/mol. The Bertz CT molecular complexity index is 493. The summed E-state index contributed by atoms with van der Waals surface area (Å²) in [6, 6.07) is 5.76. The Labute approximate surface area is 129 Å².